The molecule has 1 nitrogen and oxygen atoms in total. The second-order valence-corrected chi connectivity index (χ2v) is 5.12. The van der Waals surface area contributed by atoms with Crippen LogP contribution in [0.25, 0.3) is 0 Å². The number of hydrogen-bond donors (Lipinski definition) is 0. The van der Waals surface area contributed by atoms with Gasteiger partial charge in [0.2, 0.25) is 0 Å². The maximum absolute atomic E-state index is 11.4. The summed E-state index contributed by atoms with van der Waals surface area (Å²) in [5.74, 6) is 1.51. The van der Waals surface area contributed by atoms with Gasteiger partial charge in [-0.2, -0.15) is 0 Å². The number of rotatable bonds is 6. The van der Waals surface area contributed by atoms with E-state index in [0.717, 1.165) is 6.42 Å². The van der Waals surface area contributed by atoms with E-state index in [1.165, 1.54) is 6.42 Å². The van der Waals surface area contributed by atoms with Crippen molar-refractivity contribution in [2.75, 3.05) is 0 Å². The Morgan fingerprint density at radius 3 is 2.21 bits per heavy atom. The van der Waals surface area contributed by atoms with Crippen LogP contribution in [0, 0.1) is 17.3 Å². The number of carbonyl (C=O) groups is 1. The molecule has 0 aliphatic rings. The predicted octanol–water partition coefficient (Wildman–Crippen LogP) is 3.84. The number of carbonyl (C=O) groups excluding carboxylic acids is 1. The summed E-state index contributed by atoms with van der Waals surface area (Å²) in [6, 6.07) is 0. The third-order valence-corrected chi connectivity index (χ3v) is 2.90. The lowest BCUT2D eigenvalue weighted by Crippen LogP contribution is -2.25. The molecule has 1 heteroatoms. The van der Waals surface area contributed by atoms with Gasteiger partial charge in [-0.15, -0.1) is 6.58 Å². The first-order valence-corrected chi connectivity index (χ1v) is 5.46. The van der Waals surface area contributed by atoms with Gasteiger partial charge in [-0.3, -0.25) is 4.79 Å². The van der Waals surface area contributed by atoms with Gasteiger partial charge in [0, 0.05) is 5.41 Å². The average Bonchev–Trinajstić information content (AvgIpc) is 2.01. The molecule has 0 bridgehead atoms. The van der Waals surface area contributed by atoms with Crippen molar-refractivity contribution in [3.63, 3.8) is 0 Å². The van der Waals surface area contributed by atoms with Crippen molar-refractivity contribution in [2.24, 2.45) is 17.3 Å². The van der Waals surface area contributed by atoms with Crippen molar-refractivity contribution < 1.29 is 4.79 Å². The molecule has 0 aromatic heterocycles. The summed E-state index contributed by atoms with van der Waals surface area (Å²) >= 11 is 0. The quantitative estimate of drug-likeness (QED) is 0.590. The first-order valence-electron chi connectivity index (χ1n) is 5.46. The summed E-state index contributed by atoms with van der Waals surface area (Å²) in [6.07, 6.45) is 3.90. The van der Waals surface area contributed by atoms with Gasteiger partial charge in [-0.1, -0.05) is 26.8 Å². The van der Waals surface area contributed by atoms with E-state index < -0.39 is 0 Å². The average molecular weight is 196 g/mol. The monoisotopic (exact) mass is 196 g/mol. The first-order chi connectivity index (χ1) is 6.31. The molecule has 0 rings (SSSR count). The van der Waals surface area contributed by atoms with Crippen LogP contribution in [0.2, 0.25) is 0 Å². The van der Waals surface area contributed by atoms with Crippen LogP contribution in [0.3, 0.4) is 0 Å². The van der Waals surface area contributed by atoms with Crippen molar-refractivity contribution in [3.05, 3.63) is 12.7 Å². The first kappa shape index (κ1) is 13.4. The minimum atomic E-state index is -0.325. The number of hydrogen-bond acceptors (Lipinski definition) is 1. The van der Waals surface area contributed by atoms with E-state index >= 15 is 0 Å². The van der Waals surface area contributed by atoms with E-state index in [4.69, 9.17) is 0 Å². The van der Waals surface area contributed by atoms with Crippen LogP contribution in [0.5, 0.6) is 0 Å². The molecule has 0 saturated carbocycles. The van der Waals surface area contributed by atoms with Crippen molar-refractivity contribution in [1.29, 1.82) is 0 Å². The molecule has 0 heterocycles. The summed E-state index contributed by atoms with van der Waals surface area (Å²) in [7, 11) is 0. The SMILES string of the molecule is C=CC(C)(CC(C)CC(C)C)C(C)=O. The van der Waals surface area contributed by atoms with E-state index in [9.17, 15) is 4.79 Å². The van der Waals surface area contributed by atoms with Gasteiger partial charge in [-0.25, -0.2) is 0 Å². The Kier molecular flexibility index (Phi) is 5.11. The standard InChI is InChI=1S/C13H24O/c1-7-13(6,12(5)14)9-11(4)8-10(2)3/h7,10-11H,1,8-9H2,2-6H3. The molecule has 0 aliphatic heterocycles. The van der Waals surface area contributed by atoms with Gasteiger partial charge in [0.15, 0.2) is 0 Å². The number of allylic oxidation sites excluding steroid dienone is 1. The Hall–Kier alpha value is -0.590. The molecule has 2 atom stereocenters. The second kappa shape index (κ2) is 5.33. The molecule has 82 valence electrons. The highest BCUT2D eigenvalue weighted by molar-refractivity contribution is 5.83. The van der Waals surface area contributed by atoms with E-state index in [0.29, 0.717) is 11.8 Å². The van der Waals surface area contributed by atoms with Crippen LogP contribution in [-0.2, 0) is 4.79 Å². The van der Waals surface area contributed by atoms with E-state index in [-0.39, 0.29) is 11.2 Å². The molecule has 0 aromatic carbocycles. The third kappa shape index (κ3) is 4.08. The van der Waals surface area contributed by atoms with Crippen LogP contribution in [0.15, 0.2) is 12.7 Å². The fraction of sp³-hybridized carbons (Fsp3) is 0.769. The number of ketones is 1. The van der Waals surface area contributed by atoms with Crippen LogP contribution >= 0.6 is 0 Å². The van der Waals surface area contributed by atoms with Crippen molar-refractivity contribution in [1.82, 2.24) is 0 Å². The number of Topliss-reactive ketones (excluding diaryl/α,β-unsaturated/α-hetero) is 1. The minimum absolute atomic E-state index is 0.225. The van der Waals surface area contributed by atoms with Gasteiger partial charge < -0.3 is 0 Å². The van der Waals surface area contributed by atoms with Crippen LogP contribution in [0.1, 0.15) is 47.5 Å². The van der Waals surface area contributed by atoms with E-state index in [2.05, 4.69) is 27.4 Å². The lowest BCUT2D eigenvalue weighted by atomic mass is 9.76. The predicted molar refractivity (Wildman–Crippen MR) is 62.2 cm³/mol. The third-order valence-electron chi connectivity index (χ3n) is 2.90. The Morgan fingerprint density at radius 2 is 1.93 bits per heavy atom. The highest BCUT2D eigenvalue weighted by Gasteiger charge is 2.28. The van der Waals surface area contributed by atoms with Crippen molar-refractivity contribution >= 4 is 5.78 Å². The van der Waals surface area contributed by atoms with Crippen LogP contribution < -0.4 is 0 Å². The van der Waals surface area contributed by atoms with Crippen LogP contribution in [0.4, 0.5) is 0 Å². The minimum Gasteiger partial charge on any atom is -0.299 e. The van der Waals surface area contributed by atoms with E-state index in [1.54, 1.807) is 13.0 Å². The molecule has 0 fully saturated rings. The van der Waals surface area contributed by atoms with E-state index in [1.807, 2.05) is 6.92 Å². The zero-order valence-corrected chi connectivity index (χ0v) is 10.3. The highest BCUT2D eigenvalue weighted by Crippen LogP contribution is 2.31. The van der Waals surface area contributed by atoms with Crippen molar-refractivity contribution in [2.45, 2.75) is 47.5 Å². The summed E-state index contributed by atoms with van der Waals surface area (Å²) in [6.45, 7) is 14.1. The Balaban J connectivity index is 4.32. The topological polar surface area (TPSA) is 17.1 Å². The lowest BCUT2D eigenvalue weighted by molar-refractivity contribution is -0.124. The fourth-order valence-electron chi connectivity index (χ4n) is 1.98. The molecule has 2 unspecified atom stereocenters. The summed E-state index contributed by atoms with van der Waals surface area (Å²) in [5.41, 5.74) is -0.325. The van der Waals surface area contributed by atoms with Gasteiger partial charge in [-0.05, 0) is 38.5 Å². The van der Waals surface area contributed by atoms with Gasteiger partial charge in [0.1, 0.15) is 5.78 Å². The normalized spacial score (nSPS) is 17.6. The van der Waals surface area contributed by atoms with Crippen molar-refractivity contribution in [3.8, 4) is 0 Å². The zero-order chi connectivity index (χ0) is 11.4. The molecule has 0 spiro atoms. The smallest absolute Gasteiger partial charge is 0.139 e. The fourth-order valence-corrected chi connectivity index (χ4v) is 1.98. The maximum atomic E-state index is 11.4. The van der Waals surface area contributed by atoms with Gasteiger partial charge in [0.25, 0.3) is 0 Å². The Bertz CT molecular complexity index is 205. The molecule has 0 amide bonds. The molecule has 0 radical (unpaired) electrons. The largest absolute Gasteiger partial charge is 0.299 e. The maximum Gasteiger partial charge on any atom is 0.139 e. The van der Waals surface area contributed by atoms with Crippen LogP contribution in [-0.4, -0.2) is 5.78 Å². The summed E-state index contributed by atoms with van der Waals surface area (Å²) in [4.78, 5) is 11.4. The highest BCUT2D eigenvalue weighted by atomic mass is 16.1. The lowest BCUT2D eigenvalue weighted by Gasteiger charge is -2.27. The van der Waals surface area contributed by atoms with Gasteiger partial charge in [0.05, 0.1) is 0 Å². The Labute approximate surface area is 88.6 Å². The molecule has 0 N–H and O–H groups in total. The molecular weight excluding hydrogens is 172 g/mol. The second-order valence-electron chi connectivity index (χ2n) is 5.12. The summed E-state index contributed by atoms with van der Waals surface area (Å²) in [5, 5.41) is 0. The van der Waals surface area contributed by atoms with Gasteiger partial charge >= 0.3 is 0 Å². The molecule has 14 heavy (non-hydrogen) atoms. The zero-order valence-electron chi connectivity index (χ0n) is 10.3. The Morgan fingerprint density at radius 1 is 1.43 bits per heavy atom. The molecule has 0 saturated heterocycles. The summed E-state index contributed by atoms with van der Waals surface area (Å²) < 4.78 is 0. The molecular formula is C13H24O. The molecule has 0 aliphatic carbocycles. The molecule has 0 aromatic rings.